The number of anilines is 2. The van der Waals surface area contributed by atoms with Gasteiger partial charge in [-0.25, -0.2) is 14.4 Å². The van der Waals surface area contributed by atoms with Crippen LogP contribution in [0.3, 0.4) is 0 Å². The number of aromatic nitrogens is 2. The summed E-state index contributed by atoms with van der Waals surface area (Å²) in [5.74, 6) is 1.50. The minimum absolute atomic E-state index is 0. The third-order valence-corrected chi connectivity index (χ3v) is 3.52. The zero-order valence-electron chi connectivity index (χ0n) is 13.9. The molecule has 132 valence electrons. The summed E-state index contributed by atoms with van der Waals surface area (Å²) in [7, 11) is 4.58. The molecule has 0 unspecified atom stereocenters. The largest absolute Gasteiger partial charge is 0.493 e. The van der Waals surface area contributed by atoms with Crippen molar-refractivity contribution >= 4 is 34.8 Å². The molecule has 0 atom stereocenters. The zero-order valence-corrected chi connectivity index (χ0v) is 14.7. The number of nitrogens with one attached hydrogen (secondary N) is 1. The fraction of sp³-hybridized carbons (Fsp3) is 0.176. The van der Waals surface area contributed by atoms with E-state index in [0.717, 1.165) is 0 Å². The molecule has 2 aromatic carbocycles. The number of methoxy groups -OCH3 is 3. The molecule has 0 radical (unpaired) electrons. The van der Waals surface area contributed by atoms with E-state index in [1.807, 2.05) is 0 Å². The Morgan fingerprint density at radius 1 is 0.960 bits per heavy atom. The minimum atomic E-state index is -0.343. The van der Waals surface area contributed by atoms with Gasteiger partial charge < -0.3 is 19.5 Å². The third kappa shape index (κ3) is 3.51. The van der Waals surface area contributed by atoms with E-state index in [-0.39, 0.29) is 18.2 Å². The number of hydrogen-bond acceptors (Lipinski definition) is 6. The number of ether oxygens (including phenoxy) is 3. The molecule has 0 saturated carbocycles. The molecule has 0 amide bonds. The lowest BCUT2D eigenvalue weighted by molar-refractivity contribution is 0.327. The van der Waals surface area contributed by atoms with Crippen LogP contribution in [0, 0.1) is 5.82 Å². The first-order valence-electron chi connectivity index (χ1n) is 7.14. The van der Waals surface area contributed by atoms with Gasteiger partial charge in [-0.3, -0.25) is 0 Å². The Morgan fingerprint density at radius 2 is 1.72 bits per heavy atom. The van der Waals surface area contributed by atoms with E-state index in [9.17, 15) is 4.39 Å². The van der Waals surface area contributed by atoms with Crippen molar-refractivity contribution in [3.63, 3.8) is 0 Å². The lowest BCUT2D eigenvalue weighted by atomic mass is 10.1. The molecule has 6 nitrogen and oxygen atoms in total. The third-order valence-electron chi connectivity index (χ3n) is 3.52. The van der Waals surface area contributed by atoms with Crippen molar-refractivity contribution in [1.29, 1.82) is 0 Å². The van der Waals surface area contributed by atoms with E-state index < -0.39 is 0 Å². The van der Waals surface area contributed by atoms with Gasteiger partial charge in [0.2, 0.25) is 5.75 Å². The van der Waals surface area contributed by atoms with Gasteiger partial charge in [0, 0.05) is 11.8 Å². The van der Waals surface area contributed by atoms with Crippen LogP contribution >= 0.6 is 12.4 Å². The fourth-order valence-corrected chi connectivity index (χ4v) is 2.49. The molecule has 0 aliphatic carbocycles. The van der Waals surface area contributed by atoms with Crippen molar-refractivity contribution in [3.05, 3.63) is 42.5 Å². The number of halogens is 2. The van der Waals surface area contributed by atoms with Crippen LogP contribution < -0.4 is 19.5 Å². The standard InChI is InChI=1S/C17H16FN3O3.ClH/c1-22-13-8-12-14(16(24-3)15(13)23-2)17(20-9-19-12)21-11-6-4-5-10(18)7-11;/h4-9H,1-3H3,(H,19,20,21);1H. The number of nitrogens with zero attached hydrogens (tertiary/aromatic N) is 2. The van der Waals surface area contributed by atoms with Crippen LogP contribution in [0.2, 0.25) is 0 Å². The average molecular weight is 366 g/mol. The fourth-order valence-electron chi connectivity index (χ4n) is 2.49. The highest BCUT2D eigenvalue weighted by Gasteiger charge is 2.20. The van der Waals surface area contributed by atoms with Crippen molar-refractivity contribution in [3.8, 4) is 17.2 Å². The minimum Gasteiger partial charge on any atom is -0.493 e. The maximum Gasteiger partial charge on any atom is 0.204 e. The molecular weight excluding hydrogens is 349 g/mol. The van der Waals surface area contributed by atoms with E-state index in [0.29, 0.717) is 39.7 Å². The Labute approximate surface area is 150 Å². The summed E-state index contributed by atoms with van der Waals surface area (Å²) < 4.78 is 29.6. The van der Waals surface area contributed by atoms with Gasteiger partial charge in [-0.1, -0.05) is 6.07 Å². The van der Waals surface area contributed by atoms with E-state index in [1.165, 1.54) is 39.8 Å². The van der Waals surface area contributed by atoms with Gasteiger partial charge >= 0.3 is 0 Å². The monoisotopic (exact) mass is 365 g/mol. The summed E-state index contributed by atoms with van der Waals surface area (Å²) in [6, 6.07) is 7.83. The molecule has 0 bridgehead atoms. The summed E-state index contributed by atoms with van der Waals surface area (Å²) >= 11 is 0. The Hall–Kier alpha value is -2.80. The molecule has 25 heavy (non-hydrogen) atoms. The highest BCUT2D eigenvalue weighted by molar-refractivity contribution is 5.99. The summed E-state index contributed by atoms with van der Waals surface area (Å²) in [4.78, 5) is 8.50. The summed E-state index contributed by atoms with van der Waals surface area (Å²) in [5.41, 5.74) is 1.17. The molecular formula is C17H17ClFN3O3. The van der Waals surface area contributed by atoms with Crippen LogP contribution in [0.25, 0.3) is 10.9 Å². The summed E-state index contributed by atoms with van der Waals surface area (Å²) in [5, 5.41) is 3.70. The predicted molar refractivity (Wildman–Crippen MR) is 96.1 cm³/mol. The van der Waals surface area contributed by atoms with E-state index in [1.54, 1.807) is 18.2 Å². The quantitative estimate of drug-likeness (QED) is 0.738. The number of hydrogen-bond donors (Lipinski definition) is 1. The summed E-state index contributed by atoms with van der Waals surface area (Å²) in [6.07, 6.45) is 1.41. The second-order valence-corrected chi connectivity index (χ2v) is 4.90. The molecule has 3 rings (SSSR count). The van der Waals surface area contributed by atoms with Crippen LogP contribution in [-0.4, -0.2) is 31.3 Å². The van der Waals surface area contributed by atoms with E-state index in [2.05, 4.69) is 15.3 Å². The van der Waals surface area contributed by atoms with Gasteiger partial charge in [-0.05, 0) is 18.2 Å². The predicted octanol–water partition coefficient (Wildman–Crippen LogP) is 3.96. The highest BCUT2D eigenvalue weighted by Crippen LogP contribution is 2.45. The first kappa shape index (κ1) is 18.5. The number of benzene rings is 2. The molecule has 1 N–H and O–H groups in total. The Balaban J connectivity index is 0.00000225. The second kappa shape index (κ2) is 7.85. The lowest BCUT2D eigenvalue weighted by Gasteiger charge is -2.16. The van der Waals surface area contributed by atoms with Crippen LogP contribution in [0.15, 0.2) is 36.7 Å². The van der Waals surface area contributed by atoms with Gasteiger partial charge in [-0.2, -0.15) is 0 Å². The molecule has 1 aromatic heterocycles. The maximum absolute atomic E-state index is 13.4. The van der Waals surface area contributed by atoms with Gasteiger partial charge in [-0.15, -0.1) is 12.4 Å². The van der Waals surface area contributed by atoms with Crippen molar-refractivity contribution in [1.82, 2.24) is 9.97 Å². The molecule has 3 aromatic rings. The van der Waals surface area contributed by atoms with E-state index >= 15 is 0 Å². The van der Waals surface area contributed by atoms with Crippen molar-refractivity contribution in [2.24, 2.45) is 0 Å². The first-order valence-corrected chi connectivity index (χ1v) is 7.14. The number of rotatable bonds is 5. The molecule has 0 spiro atoms. The Kier molecular flexibility index (Phi) is 5.82. The Bertz CT molecular complexity index is 892. The van der Waals surface area contributed by atoms with Crippen molar-refractivity contribution in [2.75, 3.05) is 26.6 Å². The maximum atomic E-state index is 13.4. The molecule has 0 saturated heterocycles. The first-order chi connectivity index (χ1) is 11.7. The topological polar surface area (TPSA) is 65.5 Å². The normalized spacial score (nSPS) is 10.1. The smallest absolute Gasteiger partial charge is 0.204 e. The van der Waals surface area contributed by atoms with Crippen LogP contribution in [0.4, 0.5) is 15.9 Å². The van der Waals surface area contributed by atoms with Crippen LogP contribution in [0.1, 0.15) is 0 Å². The molecule has 1 heterocycles. The SMILES string of the molecule is COc1cc2ncnc(Nc3cccc(F)c3)c2c(OC)c1OC.Cl. The molecule has 0 aliphatic heterocycles. The average Bonchev–Trinajstić information content (AvgIpc) is 2.60. The zero-order chi connectivity index (χ0) is 17.1. The van der Waals surface area contributed by atoms with Crippen molar-refractivity contribution in [2.45, 2.75) is 0 Å². The van der Waals surface area contributed by atoms with Gasteiger partial charge in [0.15, 0.2) is 11.5 Å². The van der Waals surface area contributed by atoms with Gasteiger partial charge in [0.1, 0.15) is 18.0 Å². The Morgan fingerprint density at radius 3 is 2.36 bits per heavy atom. The molecule has 0 fully saturated rings. The van der Waals surface area contributed by atoms with Gasteiger partial charge in [0.25, 0.3) is 0 Å². The van der Waals surface area contributed by atoms with Crippen LogP contribution in [-0.2, 0) is 0 Å². The summed E-state index contributed by atoms with van der Waals surface area (Å²) in [6.45, 7) is 0. The van der Waals surface area contributed by atoms with Crippen molar-refractivity contribution < 1.29 is 18.6 Å². The molecule has 8 heteroatoms. The number of fused-ring (bicyclic) bond motifs is 1. The lowest BCUT2D eigenvalue weighted by Crippen LogP contribution is -2.01. The highest BCUT2D eigenvalue weighted by atomic mass is 35.5. The second-order valence-electron chi connectivity index (χ2n) is 4.90. The van der Waals surface area contributed by atoms with Crippen LogP contribution in [0.5, 0.6) is 17.2 Å². The molecule has 0 aliphatic rings. The van der Waals surface area contributed by atoms with Gasteiger partial charge in [0.05, 0.1) is 32.2 Å². The van der Waals surface area contributed by atoms with E-state index in [4.69, 9.17) is 14.2 Å².